The van der Waals surface area contributed by atoms with Crippen molar-refractivity contribution in [3.05, 3.63) is 11.0 Å². The Hall–Kier alpha value is -0.0631. The maximum atomic E-state index is 6.46. The first-order valence-corrected chi connectivity index (χ1v) is 10.1. The van der Waals surface area contributed by atoms with Gasteiger partial charge in [0.1, 0.15) is 0 Å². The largest absolute Gasteiger partial charge is 0.405 e. The first kappa shape index (κ1) is 13.4. The van der Waals surface area contributed by atoms with Crippen LogP contribution in [0.25, 0.3) is 0 Å². The van der Waals surface area contributed by atoms with Gasteiger partial charge in [0.2, 0.25) is 0 Å². The summed E-state index contributed by atoms with van der Waals surface area (Å²) in [5, 5.41) is 0.298. The van der Waals surface area contributed by atoms with Crippen molar-refractivity contribution in [1.29, 1.82) is 0 Å². The molecule has 0 saturated carbocycles. The average molecular weight is 269 g/mol. The van der Waals surface area contributed by atoms with Crippen molar-refractivity contribution < 1.29 is 4.43 Å². The van der Waals surface area contributed by atoms with Crippen LogP contribution in [0, 0.1) is 5.92 Å². The highest BCUT2D eigenvalue weighted by atomic mass is 32.2. The summed E-state index contributed by atoms with van der Waals surface area (Å²) in [6.45, 7) is 12.5. The zero-order valence-corrected chi connectivity index (χ0v) is 13.3. The van der Waals surface area contributed by atoms with Crippen LogP contribution < -0.4 is 0 Å². The molecule has 0 aromatic carbocycles. The van der Waals surface area contributed by atoms with Gasteiger partial charge in [0.15, 0.2) is 8.32 Å². The summed E-state index contributed by atoms with van der Waals surface area (Å²) in [4.78, 5) is 5.82. The number of nitrogens with zero attached hydrogens (tertiary/aromatic N) is 1. The summed E-state index contributed by atoms with van der Waals surface area (Å²) >= 11 is 1.92. The smallest absolute Gasteiger partial charge is 0.193 e. The lowest BCUT2D eigenvalue weighted by Gasteiger charge is -2.38. The van der Waals surface area contributed by atoms with E-state index < -0.39 is 8.32 Å². The van der Waals surface area contributed by atoms with Gasteiger partial charge in [-0.3, -0.25) is 4.99 Å². The zero-order chi connectivity index (χ0) is 12.7. The van der Waals surface area contributed by atoms with Crippen molar-refractivity contribution in [2.75, 3.05) is 6.54 Å². The molecule has 2 nitrogen and oxygen atoms in total. The molecule has 2 atom stereocenters. The third-order valence-corrected chi connectivity index (χ3v) is 10.00. The van der Waals surface area contributed by atoms with E-state index in [1.54, 1.807) is 0 Å². The van der Waals surface area contributed by atoms with Crippen LogP contribution in [-0.4, -0.2) is 26.5 Å². The van der Waals surface area contributed by atoms with E-state index in [1.165, 1.54) is 4.91 Å². The molecule has 1 fully saturated rings. The van der Waals surface area contributed by atoms with Gasteiger partial charge >= 0.3 is 0 Å². The van der Waals surface area contributed by atoms with Crippen LogP contribution in [0.15, 0.2) is 16.0 Å². The molecule has 2 rings (SSSR count). The molecule has 0 amide bonds. The summed E-state index contributed by atoms with van der Waals surface area (Å²) in [6.07, 6.45) is 5.24. The molecule has 2 unspecified atom stereocenters. The van der Waals surface area contributed by atoms with Crippen LogP contribution >= 0.6 is 11.8 Å². The molecule has 2 heterocycles. The molecular formula is C13H23NOSSi. The van der Waals surface area contributed by atoms with Gasteiger partial charge in [-0.15, -0.1) is 0 Å². The predicted octanol–water partition coefficient (Wildman–Crippen LogP) is 4.06. The first-order chi connectivity index (χ1) is 7.79. The Bertz CT molecular complexity index is 357. The minimum Gasteiger partial charge on any atom is -0.405 e. The Morgan fingerprint density at radius 3 is 2.71 bits per heavy atom. The van der Waals surface area contributed by atoms with Crippen molar-refractivity contribution in [3.8, 4) is 0 Å². The fraction of sp³-hybridized carbons (Fsp3) is 0.769. The molecule has 2 aliphatic rings. The van der Waals surface area contributed by atoms with E-state index in [0.29, 0.717) is 16.4 Å². The molecule has 0 aromatic rings. The minimum absolute atomic E-state index is 0.298. The Labute approximate surface area is 110 Å². The summed E-state index contributed by atoms with van der Waals surface area (Å²) in [6, 6.07) is 0. The summed E-state index contributed by atoms with van der Waals surface area (Å²) < 4.78 is 6.46. The van der Waals surface area contributed by atoms with Crippen molar-refractivity contribution in [2.24, 2.45) is 10.9 Å². The van der Waals surface area contributed by atoms with Gasteiger partial charge in [-0.2, -0.15) is 0 Å². The molecule has 0 bridgehead atoms. The van der Waals surface area contributed by atoms with E-state index >= 15 is 0 Å². The molecule has 0 radical (unpaired) electrons. The summed E-state index contributed by atoms with van der Waals surface area (Å²) in [7, 11) is -1.62. The van der Waals surface area contributed by atoms with Crippen molar-refractivity contribution >= 4 is 26.3 Å². The normalized spacial score (nSPS) is 29.1. The molecule has 4 heteroatoms. The van der Waals surface area contributed by atoms with Crippen LogP contribution in [0.2, 0.25) is 18.1 Å². The van der Waals surface area contributed by atoms with Gasteiger partial charge < -0.3 is 4.43 Å². The van der Waals surface area contributed by atoms with Gasteiger partial charge in [0, 0.05) is 18.7 Å². The minimum atomic E-state index is -1.62. The van der Waals surface area contributed by atoms with Gasteiger partial charge in [-0.05, 0) is 35.5 Å². The quantitative estimate of drug-likeness (QED) is 0.705. The highest BCUT2D eigenvalue weighted by Gasteiger charge is 2.42. The Morgan fingerprint density at radius 1 is 1.41 bits per heavy atom. The van der Waals surface area contributed by atoms with Gasteiger partial charge in [0.05, 0.1) is 5.44 Å². The van der Waals surface area contributed by atoms with Gasteiger partial charge in [-0.1, -0.05) is 32.5 Å². The molecule has 1 saturated heterocycles. The number of hydrogen-bond acceptors (Lipinski definition) is 3. The predicted molar refractivity (Wildman–Crippen MR) is 79.2 cm³/mol. The van der Waals surface area contributed by atoms with E-state index in [2.05, 4.69) is 44.9 Å². The molecule has 0 aliphatic carbocycles. The molecule has 96 valence electrons. The highest BCUT2D eigenvalue weighted by molar-refractivity contribution is 8.03. The number of allylic oxidation sites excluding steroid dienone is 1. The number of dihydropyridines is 1. The lowest BCUT2D eigenvalue weighted by Crippen LogP contribution is -2.42. The topological polar surface area (TPSA) is 21.6 Å². The Balaban J connectivity index is 1.99. The second kappa shape index (κ2) is 4.56. The molecule has 0 N–H and O–H groups in total. The van der Waals surface area contributed by atoms with E-state index in [-0.39, 0.29) is 0 Å². The zero-order valence-electron chi connectivity index (χ0n) is 11.5. The average Bonchev–Trinajstić information content (AvgIpc) is 2.56. The van der Waals surface area contributed by atoms with E-state index in [4.69, 9.17) is 4.43 Å². The number of rotatable bonds is 2. The van der Waals surface area contributed by atoms with E-state index in [9.17, 15) is 0 Å². The van der Waals surface area contributed by atoms with Crippen LogP contribution in [0.1, 0.15) is 27.2 Å². The van der Waals surface area contributed by atoms with Crippen LogP contribution in [-0.2, 0) is 4.43 Å². The second-order valence-corrected chi connectivity index (χ2v) is 12.4. The molecule has 2 aliphatic heterocycles. The maximum Gasteiger partial charge on any atom is 0.193 e. The van der Waals surface area contributed by atoms with Crippen LogP contribution in [0.5, 0.6) is 0 Å². The third-order valence-electron chi connectivity index (χ3n) is 4.05. The van der Waals surface area contributed by atoms with Crippen LogP contribution in [0.3, 0.4) is 0 Å². The number of thioether (sulfide) groups is 1. The van der Waals surface area contributed by atoms with Gasteiger partial charge in [0.25, 0.3) is 0 Å². The fourth-order valence-electron chi connectivity index (χ4n) is 1.88. The van der Waals surface area contributed by atoms with Gasteiger partial charge in [-0.25, -0.2) is 0 Å². The number of aliphatic imine (C=N–C) groups is 1. The fourth-order valence-corrected chi connectivity index (χ4v) is 5.03. The second-order valence-electron chi connectivity index (χ2n) is 6.44. The van der Waals surface area contributed by atoms with E-state index in [0.717, 1.165) is 13.0 Å². The lowest BCUT2D eigenvalue weighted by molar-refractivity contribution is 0.245. The SMILES string of the molecule is CC(C)(C)[Si](C)(C)OC1CC2CN=CC=C2S1. The summed E-state index contributed by atoms with van der Waals surface area (Å²) in [5.41, 5.74) is 0.355. The molecule has 0 aromatic heterocycles. The first-order valence-electron chi connectivity index (χ1n) is 6.34. The van der Waals surface area contributed by atoms with Crippen molar-refractivity contribution in [3.63, 3.8) is 0 Å². The highest BCUT2D eigenvalue weighted by Crippen LogP contribution is 2.47. The van der Waals surface area contributed by atoms with Crippen LogP contribution in [0.4, 0.5) is 0 Å². The Kier molecular flexibility index (Phi) is 3.58. The van der Waals surface area contributed by atoms with Crippen molar-refractivity contribution in [1.82, 2.24) is 0 Å². The molecule has 17 heavy (non-hydrogen) atoms. The monoisotopic (exact) mass is 269 g/mol. The maximum absolute atomic E-state index is 6.46. The van der Waals surface area contributed by atoms with E-state index in [1.807, 2.05) is 18.0 Å². The lowest BCUT2D eigenvalue weighted by atomic mass is 10.0. The number of hydrogen-bond donors (Lipinski definition) is 0. The number of fused-ring (bicyclic) bond motifs is 1. The molecule has 0 spiro atoms. The summed E-state index contributed by atoms with van der Waals surface area (Å²) in [5.74, 6) is 0.625. The Morgan fingerprint density at radius 2 is 2.12 bits per heavy atom. The van der Waals surface area contributed by atoms with Crippen molar-refractivity contribution in [2.45, 2.75) is 50.8 Å². The third kappa shape index (κ3) is 2.85. The molecular weight excluding hydrogens is 246 g/mol. The standard InChI is InChI=1S/C13H23NOSSi/c1-13(2,3)17(4,5)15-12-8-10-9-14-7-6-11(10)16-12/h6-7,10,12H,8-9H2,1-5H3.